The van der Waals surface area contributed by atoms with E-state index in [0.29, 0.717) is 10.9 Å². The van der Waals surface area contributed by atoms with Crippen LogP contribution < -0.4 is 5.43 Å². The molecular formula is C11H10N2O3. The van der Waals surface area contributed by atoms with Gasteiger partial charge in [-0.15, -0.1) is 0 Å². The van der Waals surface area contributed by atoms with Crippen LogP contribution in [-0.4, -0.2) is 21.3 Å². The number of aromatic carboxylic acids is 1. The van der Waals surface area contributed by atoms with E-state index >= 15 is 0 Å². The van der Waals surface area contributed by atoms with Gasteiger partial charge in [-0.1, -0.05) is 6.07 Å². The van der Waals surface area contributed by atoms with Gasteiger partial charge in [-0.25, -0.2) is 4.79 Å². The maximum atomic E-state index is 11.8. The number of carbonyl (C=O) groups is 1. The average molecular weight is 218 g/mol. The monoisotopic (exact) mass is 218 g/mol. The number of aromatic nitrogens is 2. The Morgan fingerprint density at radius 1 is 1.38 bits per heavy atom. The van der Waals surface area contributed by atoms with Crippen molar-refractivity contribution < 1.29 is 9.90 Å². The molecule has 0 aliphatic heterocycles. The van der Waals surface area contributed by atoms with Crippen molar-refractivity contribution in [3.63, 3.8) is 0 Å². The zero-order valence-corrected chi connectivity index (χ0v) is 8.87. The van der Waals surface area contributed by atoms with Crippen molar-refractivity contribution in [2.75, 3.05) is 0 Å². The minimum Gasteiger partial charge on any atom is -0.476 e. The quantitative estimate of drug-likeness (QED) is 0.754. The van der Waals surface area contributed by atoms with Crippen LogP contribution in [0.3, 0.4) is 0 Å². The maximum Gasteiger partial charge on any atom is 0.360 e. The molecule has 0 bridgehead atoms. The molecule has 0 spiro atoms. The zero-order chi connectivity index (χ0) is 11.9. The SMILES string of the molecule is Cc1ccc2c(=O)c(C(=O)O)n[nH]c2c1C. The van der Waals surface area contributed by atoms with E-state index in [0.717, 1.165) is 11.1 Å². The molecule has 2 aromatic rings. The van der Waals surface area contributed by atoms with Crippen LogP contribution in [0.4, 0.5) is 0 Å². The minimum absolute atomic E-state index is 0.357. The second-order valence-corrected chi connectivity index (χ2v) is 3.64. The van der Waals surface area contributed by atoms with E-state index in [1.165, 1.54) is 0 Å². The molecule has 0 saturated carbocycles. The van der Waals surface area contributed by atoms with Crippen molar-refractivity contribution in [3.8, 4) is 0 Å². The van der Waals surface area contributed by atoms with Crippen LogP contribution in [0.15, 0.2) is 16.9 Å². The molecule has 1 aromatic heterocycles. The minimum atomic E-state index is -1.32. The molecule has 0 saturated heterocycles. The van der Waals surface area contributed by atoms with Gasteiger partial charge in [0.1, 0.15) is 0 Å². The van der Waals surface area contributed by atoms with Crippen molar-refractivity contribution in [1.29, 1.82) is 0 Å². The second kappa shape index (κ2) is 3.44. The smallest absolute Gasteiger partial charge is 0.360 e. The Hall–Kier alpha value is -2.17. The third-order valence-corrected chi connectivity index (χ3v) is 2.68. The van der Waals surface area contributed by atoms with Gasteiger partial charge >= 0.3 is 5.97 Å². The lowest BCUT2D eigenvalue weighted by atomic mass is 10.1. The molecule has 0 atom stereocenters. The largest absolute Gasteiger partial charge is 0.476 e. The zero-order valence-electron chi connectivity index (χ0n) is 8.87. The standard InChI is InChI=1S/C11H10N2O3/c1-5-3-4-7-8(6(5)2)12-13-9(10(7)14)11(15)16/h3-4H,1-2H3,(H,12,14)(H,15,16). The molecular weight excluding hydrogens is 208 g/mol. The summed E-state index contributed by atoms with van der Waals surface area (Å²) in [5.74, 6) is -1.32. The first kappa shape index (κ1) is 10.4. The summed E-state index contributed by atoms with van der Waals surface area (Å²) in [5, 5.41) is 15.3. The van der Waals surface area contributed by atoms with Gasteiger partial charge in [0.25, 0.3) is 0 Å². The average Bonchev–Trinajstić information content (AvgIpc) is 2.23. The van der Waals surface area contributed by atoms with Crippen LogP contribution in [0.2, 0.25) is 0 Å². The fraction of sp³-hybridized carbons (Fsp3) is 0.182. The first-order valence-corrected chi connectivity index (χ1v) is 4.74. The Balaban J connectivity index is 2.93. The van der Waals surface area contributed by atoms with Gasteiger partial charge in [0, 0.05) is 5.39 Å². The molecule has 0 aliphatic rings. The van der Waals surface area contributed by atoms with Crippen molar-refractivity contribution in [2.24, 2.45) is 0 Å². The molecule has 0 fully saturated rings. The maximum absolute atomic E-state index is 11.8. The summed E-state index contributed by atoms with van der Waals surface area (Å²) in [6.45, 7) is 3.77. The Bertz CT molecular complexity index is 643. The number of aromatic amines is 1. The fourth-order valence-corrected chi connectivity index (χ4v) is 1.58. The summed E-state index contributed by atoms with van der Waals surface area (Å²) < 4.78 is 0. The molecule has 0 aliphatic carbocycles. The number of hydrogen-bond acceptors (Lipinski definition) is 3. The predicted molar refractivity (Wildman–Crippen MR) is 58.8 cm³/mol. The normalized spacial score (nSPS) is 10.6. The van der Waals surface area contributed by atoms with Gasteiger partial charge in [0.15, 0.2) is 0 Å². The number of carboxylic acids is 1. The third kappa shape index (κ3) is 1.37. The molecule has 16 heavy (non-hydrogen) atoms. The van der Waals surface area contributed by atoms with E-state index in [2.05, 4.69) is 10.2 Å². The van der Waals surface area contributed by atoms with Crippen LogP contribution in [0, 0.1) is 13.8 Å². The lowest BCUT2D eigenvalue weighted by Gasteiger charge is -2.04. The van der Waals surface area contributed by atoms with E-state index in [1.54, 1.807) is 12.1 Å². The number of rotatable bonds is 1. The van der Waals surface area contributed by atoms with Gasteiger partial charge in [-0.05, 0) is 31.0 Å². The summed E-state index contributed by atoms with van der Waals surface area (Å²) >= 11 is 0. The number of fused-ring (bicyclic) bond motifs is 1. The first-order valence-electron chi connectivity index (χ1n) is 4.74. The topological polar surface area (TPSA) is 83.1 Å². The van der Waals surface area contributed by atoms with Gasteiger partial charge in [0.2, 0.25) is 11.1 Å². The number of nitrogens with zero attached hydrogens (tertiary/aromatic N) is 1. The molecule has 0 amide bonds. The highest BCUT2D eigenvalue weighted by molar-refractivity contribution is 5.91. The summed E-state index contributed by atoms with van der Waals surface area (Å²) in [6.07, 6.45) is 0. The van der Waals surface area contributed by atoms with Gasteiger partial charge in [0.05, 0.1) is 5.52 Å². The van der Waals surface area contributed by atoms with Crippen molar-refractivity contribution in [1.82, 2.24) is 10.2 Å². The molecule has 82 valence electrons. The highest BCUT2D eigenvalue weighted by Crippen LogP contribution is 2.16. The molecule has 5 heteroatoms. The van der Waals surface area contributed by atoms with Gasteiger partial charge in [-0.3, -0.25) is 9.89 Å². The number of nitrogens with one attached hydrogen (secondary N) is 1. The Labute approximate surface area is 90.7 Å². The number of aryl methyl sites for hydroxylation is 2. The Morgan fingerprint density at radius 2 is 2.06 bits per heavy atom. The summed E-state index contributed by atoms with van der Waals surface area (Å²) in [5.41, 5.74) is 1.49. The molecule has 1 aromatic carbocycles. The molecule has 5 nitrogen and oxygen atoms in total. The van der Waals surface area contributed by atoms with E-state index in [9.17, 15) is 9.59 Å². The van der Waals surface area contributed by atoms with Crippen molar-refractivity contribution >= 4 is 16.9 Å². The molecule has 2 rings (SSSR count). The Kier molecular flexibility index (Phi) is 2.23. The fourth-order valence-electron chi connectivity index (χ4n) is 1.58. The highest BCUT2D eigenvalue weighted by Gasteiger charge is 2.14. The van der Waals surface area contributed by atoms with E-state index in [4.69, 9.17) is 5.11 Å². The third-order valence-electron chi connectivity index (χ3n) is 2.68. The first-order chi connectivity index (χ1) is 7.52. The Morgan fingerprint density at radius 3 is 2.69 bits per heavy atom. The summed E-state index contributed by atoms with van der Waals surface area (Å²) in [7, 11) is 0. The molecule has 2 N–H and O–H groups in total. The second-order valence-electron chi connectivity index (χ2n) is 3.64. The lowest BCUT2D eigenvalue weighted by molar-refractivity contribution is 0.0688. The van der Waals surface area contributed by atoms with Crippen LogP contribution >= 0.6 is 0 Å². The van der Waals surface area contributed by atoms with Crippen molar-refractivity contribution in [3.05, 3.63) is 39.2 Å². The summed E-state index contributed by atoms with van der Waals surface area (Å²) in [6, 6.07) is 3.41. The molecule has 1 heterocycles. The van der Waals surface area contributed by atoms with Crippen LogP contribution in [0.25, 0.3) is 10.9 Å². The van der Waals surface area contributed by atoms with E-state index < -0.39 is 17.1 Å². The van der Waals surface area contributed by atoms with Gasteiger partial charge in [-0.2, -0.15) is 5.10 Å². The van der Waals surface area contributed by atoms with E-state index in [-0.39, 0.29) is 0 Å². The highest BCUT2D eigenvalue weighted by atomic mass is 16.4. The van der Waals surface area contributed by atoms with Crippen LogP contribution in [0.1, 0.15) is 21.6 Å². The van der Waals surface area contributed by atoms with Crippen LogP contribution in [0.5, 0.6) is 0 Å². The molecule has 0 unspecified atom stereocenters. The van der Waals surface area contributed by atoms with Crippen LogP contribution in [-0.2, 0) is 0 Å². The number of hydrogen-bond donors (Lipinski definition) is 2. The summed E-state index contributed by atoms with van der Waals surface area (Å²) in [4.78, 5) is 22.5. The number of carboxylic acid groups (broad SMARTS) is 1. The number of benzene rings is 1. The van der Waals surface area contributed by atoms with E-state index in [1.807, 2.05) is 13.8 Å². The predicted octanol–water partition coefficient (Wildman–Crippen LogP) is 1.24. The number of H-pyrrole nitrogens is 1. The van der Waals surface area contributed by atoms with Gasteiger partial charge < -0.3 is 5.11 Å². The van der Waals surface area contributed by atoms with Crippen molar-refractivity contribution in [2.45, 2.75) is 13.8 Å². The lowest BCUT2D eigenvalue weighted by Crippen LogP contribution is -2.18. The molecule has 0 radical (unpaired) electrons.